The lowest BCUT2D eigenvalue weighted by molar-refractivity contribution is -0.127. The van der Waals surface area contributed by atoms with E-state index in [1.165, 1.54) is 12.1 Å². The Bertz CT molecular complexity index is 870. The lowest BCUT2D eigenvalue weighted by Gasteiger charge is -2.15. The third-order valence-electron chi connectivity index (χ3n) is 4.04. The highest BCUT2D eigenvalue weighted by molar-refractivity contribution is 7.89. The molecule has 1 aliphatic heterocycles. The van der Waals surface area contributed by atoms with Gasteiger partial charge in [-0.3, -0.25) is 9.78 Å². The van der Waals surface area contributed by atoms with Crippen molar-refractivity contribution in [1.29, 1.82) is 0 Å². The number of halogens is 1. The number of carbonyl (C=O) groups is 1. The first-order chi connectivity index (χ1) is 11.5. The zero-order valence-electron chi connectivity index (χ0n) is 13.0. The van der Waals surface area contributed by atoms with Crippen LogP contribution in [0.4, 0.5) is 0 Å². The van der Waals surface area contributed by atoms with Crippen LogP contribution in [0.3, 0.4) is 0 Å². The summed E-state index contributed by atoms with van der Waals surface area (Å²) < 4.78 is 27.7. The van der Waals surface area contributed by atoms with Gasteiger partial charge in [-0.15, -0.1) is 0 Å². The van der Waals surface area contributed by atoms with E-state index in [0.717, 1.165) is 13.0 Å². The summed E-state index contributed by atoms with van der Waals surface area (Å²) >= 11 is 6.08. The number of fused-ring (bicyclic) bond motifs is 1. The first-order valence-electron chi connectivity index (χ1n) is 7.80. The van der Waals surface area contributed by atoms with Crippen LogP contribution >= 0.6 is 11.6 Å². The Morgan fingerprint density at radius 3 is 2.88 bits per heavy atom. The van der Waals surface area contributed by atoms with Crippen molar-refractivity contribution in [3.8, 4) is 0 Å². The van der Waals surface area contributed by atoms with Crippen molar-refractivity contribution in [1.82, 2.24) is 14.6 Å². The van der Waals surface area contributed by atoms with Crippen molar-refractivity contribution < 1.29 is 13.2 Å². The van der Waals surface area contributed by atoms with Crippen molar-refractivity contribution in [2.45, 2.75) is 24.2 Å². The number of pyridine rings is 1. The first kappa shape index (κ1) is 17.1. The quantitative estimate of drug-likeness (QED) is 0.793. The Balaban J connectivity index is 1.70. The molecule has 0 unspecified atom stereocenters. The Hall–Kier alpha value is -1.70. The summed E-state index contributed by atoms with van der Waals surface area (Å²) in [5, 5.41) is 0.907. The normalized spacial score (nSPS) is 15.4. The van der Waals surface area contributed by atoms with Crippen LogP contribution < -0.4 is 4.72 Å². The molecule has 2 aromatic rings. The standard InChI is InChI=1S/C16H18ClN3O3S/c17-13-6-7-14(12-4-1-8-18-16(12)13)24(22,23)19-9-3-11-20-10-2-5-15(20)21/h1,4,6-8,19H,2-3,5,9-11H2. The summed E-state index contributed by atoms with van der Waals surface area (Å²) in [5.41, 5.74) is 0.463. The van der Waals surface area contributed by atoms with Gasteiger partial charge in [-0.25, -0.2) is 13.1 Å². The Morgan fingerprint density at radius 1 is 1.29 bits per heavy atom. The predicted octanol–water partition coefficient (Wildman–Crippen LogP) is 2.18. The van der Waals surface area contributed by atoms with Gasteiger partial charge >= 0.3 is 0 Å². The summed E-state index contributed by atoms with van der Waals surface area (Å²) in [7, 11) is -3.67. The van der Waals surface area contributed by atoms with Crippen LogP contribution in [-0.2, 0) is 14.8 Å². The van der Waals surface area contributed by atoms with E-state index in [1.807, 2.05) is 0 Å². The molecular formula is C16H18ClN3O3S. The zero-order chi connectivity index (χ0) is 17.2. The second kappa shape index (κ2) is 7.04. The number of hydrogen-bond acceptors (Lipinski definition) is 4. The van der Waals surface area contributed by atoms with Gasteiger partial charge in [0, 0.05) is 37.6 Å². The highest BCUT2D eigenvalue weighted by Crippen LogP contribution is 2.27. The molecule has 1 amide bonds. The number of hydrogen-bond donors (Lipinski definition) is 1. The van der Waals surface area contributed by atoms with Crippen LogP contribution in [0.5, 0.6) is 0 Å². The Morgan fingerprint density at radius 2 is 2.12 bits per heavy atom. The van der Waals surface area contributed by atoms with E-state index in [0.29, 0.717) is 35.3 Å². The maximum atomic E-state index is 12.6. The summed E-state index contributed by atoms with van der Waals surface area (Å²) in [5.74, 6) is 0.146. The van der Waals surface area contributed by atoms with Gasteiger partial charge in [-0.05, 0) is 37.1 Å². The molecule has 1 aromatic heterocycles. The minimum atomic E-state index is -3.67. The van der Waals surface area contributed by atoms with Gasteiger partial charge in [0.2, 0.25) is 15.9 Å². The van der Waals surface area contributed by atoms with Crippen molar-refractivity contribution in [3.63, 3.8) is 0 Å². The van der Waals surface area contributed by atoms with Gasteiger partial charge in [0.25, 0.3) is 0 Å². The van der Waals surface area contributed by atoms with E-state index in [1.54, 1.807) is 23.2 Å². The van der Waals surface area contributed by atoms with E-state index < -0.39 is 10.0 Å². The number of nitrogens with one attached hydrogen (secondary N) is 1. The fourth-order valence-electron chi connectivity index (χ4n) is 2.84. The van der Waals surface area contributed by atoms with Gasteiger partial charge in [-0.1, -0.05) is 11.6 Å². The molecule has 128 valence electrons. The molecule has 6 nitrogen and oxygen atoms in total. The third kappa shape index (κ3) is 3.53. The first-order valence-corrected chi connectivity index (χ1v) is 9.66. The second-order valence-electron chi connectivity index (χ2n) is 5.68. The topological polar surface area (TPSA) is 79.4 Å². The van der Waals surface area contributed by atoms with Gasteiger partial charge < -0.3 is 4.90 Å². The predicted molar refractivity (Wildman–Crippen MR) is 92.4 cm³/mol. The van der Waals surface area contributed by atoms with Crippen LogP contribution in [0.1, 0.15) is 19.3 Å². The fourth-order valence-corrected chi connectivity index (χ4v) is 4.32. The smallest absolute Gasteiger partial charge is 0.241 e. The van der Waals surface area contributed by atoms with Crippen LogP contribution in [0.25, 0.3) is 10.9 Å². The maximum absolute atomic E-state index is 12.6. The van der Waals surface area contributed by atoms with E-state index >= 15 is 0 Å². The van der Waals surface area contributed by atoms with Gasteiger partial charge in [0.05, 0.1) is 15.4 Å². The minimum absolute atomic E-state index is 0.146. The molecular weight excluding hydrogens is 350 g/mol. The van der Waals surface area contributed by atoms with Crippen LogP contribution in [-0.4, -0.2) is 43.8 Å². The fraction of sp³-hybridized carbons (Fsp3) is 0.375. The van der Waals surface area contributed by atoms with E-state index in [-0.39, 0.29) is 17.3 Å². The minimum Gasteiger partial charge on any atom is -0.343 e. The van der Waals surface area contributed by atoms with E-state index in [4.69, 9.17) is 11.6 Å². The van der Waals surface area contributed by atoms with Crippen molar-refractivity contribution in [2.75, 3.05) is 19.6 Å². The number of likely N-dealkylation sites (tertiary alicyclic amines) is 1. The van der Waals surface area contributed by atoms with Crippen LogP contribution in [0.2, 0.25) is 5.02 Å². The lowest BCUT2D eigenvalue weighted by atomic mass is 10.2. The van der Waals surface area contributed by atoms with Crippen LogP contribution in [0, 0.1) is 0 Å². The molecule has 1 aromatic carbocycles. The maximum Gasteiger partial charge on any atom is 0.241 e. The van der Waals surface area contributed by atoms with Crippen molar-refractivity contribution >= 4 is 38.4 Å². The number of amides is 1. The number of rotatable bonds is 6. The summed E-state index contributed by atoms with van der Waals surface area (Å²) in [6.45, 7) is 1.61. The monoisotopic (exact) mass is 367 g/mol. The second-order valence-corrected chi connectivity index (χ2v) is 7.82. The number of aromatic nitrogens is 1. The number of sulfonamides is 1. The molecule has 1 saturated heterocycles. The molecule has 24 heavy (non-hydrogen) atoms. The number of benzene rings is 1. The molecule has 3 rings (SSSR count). The molecule has 0 spiro atoms. The zero-order valence-corrected chi connectivity index (χ0v) is 14.6. The third-order valence-corrected chi connectivity index (χ3v) is 5.86. The Labute approximate surface area is 145 Å². The van der Waals surface area contributed by atoms with Gasteiger partial charge in [0.1, 0.15) is 0 Å². The average molecular weight is 368 g/mol. The molecule has 0 saturated carbocycles. The van der Waals surface area contributed by atoms with Gasteiger partial charge in [-0.2, -0.15) is 0 Å². The summed E-state index contributed by atoms with van der Waals surface area (Å²) in [4.78, 5) is 17.6. The largest absolute Gasteiger partial charge is 0.343 e. The average Bonchev–Trinajstić information content (AvgIpc) is 2.97. The summed E-state index contributed by atoms with van der Waals surface area (Å²) in [6, 6.07) is 6.38. The molecule has 0 atom stereocenters. The lowest BCUT2D eigenvalue weighted by Crippen LogP contribution is -2.30. The van der Waals surface area contributed by atoms with Crippen molar-refractivity contribution in [2.24, 2.45) is 0 Å². The van der Waals surface area contributed by atoms with Crippen LogP contribution in [0.15, 0.2) is 35.4 Å². The Kier molecular flexibility index (Phi) is 5.03. The number of nitrogens with zero attached hydrogens (tertiary/aromatic N) is 2. The van der Waals surface area contributed by atoms with E-state index in [2.05, 4.69) is 9.71 Å². The molecule has 1 aliphatic rings. The SMILES string of the molecule is O=C1CCCN1CCCNS(=O)(=O)c1ccc(Cl)c2ncccc12. The summed E-state index contributed by atoms with van der Waals surface area (Å²) in [6.07, 6.45) is 3.63. The highest BCUT2D eigenvalue weighted by atomic mass is 35.5. The molecule has 1 fully saturated rings. The molecule has 0 bridgehead atoms. The van der Waals surface area contributed by atoms with E-state index in [9.17, 15) is 13.2 Å². The molecule has 0 aliphatic carbocycles. The highest BCUT2D eigenvalue weighted by Gasteiger charge is 2.21. The number of carbonyl (C=O) groups excluding carboxylic acids is 1. The van der Waals surface area contributed by atoms with Crippen molar-refractivity contribution in [3.05, 3.63) is 35.5 Å². The van der Waals surface area contributed by atoms with Gasteiger partial charge in [0.15, 0.2) is 0 Å². The molecule has 1 N–H and O–H groups in total. The molecule has 2 heterocycles. The molecule has 0 radical (unpaired) electrons. The molecule has 8 heteroatoms.